The van der Waals surface area contributed by atoms with Gasteiger partial charge in [0.25, 0.3) is 5.91 Å². The van der Waals surface area contributed by atoms with Crippen molar-refractivity contribution in [3.05, 3.63) is 66.4 Å². The number of hydrogen-bond acceptors (Lipinski definition) is 7. The van der Waals surface area contributed by atoms with Crippen molar-refractivity contribution in [1.82, 2.24) is 19.8 Å². The molecule has 1 aliphatic rings. The van der Waals surface area contributed by atoms with Gasteiger partial charge in [0.2, 0.25) is 11.9 Å². The molecular formula is C23H23N6O4S-. The number of carbonyl (C=O) groups excluding carboxylic acids is 2. The lowest BCUT2D eigenvalue weighted by molar-refractivity contribution is -0.130. The number of nitrogens with zero attached hydrogens (tertiary/aromatic N) is 4. The first kappa shape index (κ1) is 23.3. The average Bonchev–Trinajstić information content (AvgIpc) is 2.84. The van der Waals surface area contributed by atoms with Gasteiger partial charge >= 0.3 is 0 Å². The van der Waals surface area contributed by atoms with Crippen LogP contribution in [-0.4, -0.2) is 66.5 Å². The quantitative estimate of drug-likeness (QED) is 0.519. The van der Waals surface area contributed by atoms with Crippen molar-refractivity contribution < 1.29 is 18.4 Å². The molecule has 2 heterocycles. The molecule has 0 radical (unpaired) electrons. The zero-order chi connectivity index (χ0) is 24.1. The molecule has 0 saturated carbocycles. The third-order valence-corrected chi connectivity index (χ3v) is 5.84. The van der Waals surface area contributed by atoms with Gasteiger partial charge in [0.1, 0.15) is 0 Å². The number of benzene rings is 2. The van der Waals surface area contributed by atoms with Gasteiger partial charge in [-0.3, -0.25) is 13.8 Å². The summed E-state index contributed by atoms with van der Waals surface area (Å²) in [7, 11) is 0. The second kappa shape index (κ2) is 10.4. The van der Waals surface area contributed by atoms with E-state index < -0.39 is 11.3 Å². The van der Waals surface area contributed by atoms with Crippen LogP contribution < -0.4 is 10.0 Å². The summed E-state index contributed by atoms with van der Waals surface area (Å²) < 4.78 is 23.8. The Hall–Kier alpha value is -3.83. The van der Waals surface area contributed by atoms with Crippen LogP contribution in [0.3, 0.4) is 0 Å². The highest BCUT2D eigenvalue weighted by atomic mass is 32.2. The van der Waals surface area contributed by atoms with E-state index in [1.165, 1.54) is 6.92 Å². The average molecular weight is 480 g/mol. The molecule has 2 amide bonds. The van der Waals surface area contributed by atoms with E-state index in [2.05, 4.69) is 20.0 Å². The van der Waals surface area contributed by atoms with Gasteiger partial charge in [-0.2, -0.15) is 0 Å². The highest BCUT2D eigenvalue weighted by Gasteiger charge is 2.23. The van der Waals surface area contributed by atoms with E-state index in [0.29, 0.717) is 49.1 Å². The molecule has 1 aromatic heterocycles. The molecule has 2 N–H and O–H groups in total. The number of aromatic nitrogens is 2. The lowest BCUT2D eigenvalue weighted by Gasteiger charge is -2.34. The zero-order valence-corrected chi connectivity index (χ0v) is 19.2. The van der Waals surface area contributed by atoms with E-state index in [1.807, 2.05) is 0 Å². The molecule has 0 aliphatic carbocycles. The fourth-order valence-corrected chi connectivity index (χ4v) is 3.95. The second-order valence-corrected chi connectivity index (χ2v) is 8.35. The highest BCUT2D eigenvalue weighted by molar-refractivity contribution is 7.80. The number of amides is 2. The molecule has 176 valence electrons. The summed E-state index contributed by atoms with van der Waals surface area (Å²) in [6.45, 7) is 3.67. The third kappa shape index (κ3) is 5.74. The summed E-state index contributed by atoms with van der Waals surface area (Å²) in [4.78, 5) is 36.5. The van der Waals surface area contributed by atoms with Gasteiger partial charge in [0.05, 0.1) is 5.69 Å². The van der Waals surface area contributed by atoms with E-state index >= 15 is 0 Å². The van der Waals surface area contributed by atoms with Crippen molar-refractivity contribution in [3.63, 3.8) is 0 Å². The molecule has 1 saturated heterocycles. The second-order valence-electron chi connectivity index (χ2n) is 7.68. The summed E-state index contributed by atoms with van der Waals surface area (Å²) in [6.07, 6.45) is 1.63. The molecule has 1 unspecified atom stereocenters. The van der Waals surface area contributed by atoms with Crippen LogP contribution in [0.5, 0.6) is 0 Å². The molecule has 2 aromatic carbocycles. The van der Waals surface area contributed by atoms with Gasteiger partial charge < -0.3 is 24.4 Å². The minimum atomic E-state index is -2.38. The molecule has 34 heavy (non-hydrogen) atoms. The Balaban J connectivity index is 1.39. The summed E-state index contributed by atoms with van der Waals surface area (Å²) in [5, 5.41) is 3.13. The first-order valence-corrected chi connectivity index (χ1v) is 11.7. The van der Waals surface area contributed by atoms with Crippen molar-refractivity contribution in [1.29, 1.82) is 0 Å². The van der Waals surface area contributed by atoms with Crippen molar-refractivity contribution in [2.45, 2.75) is 6.92 Å². The third-order valence-electron chi connectivity index (χ3n) is 5.44. The zero-order valence-electron chi connectivity index (χ0n) is 18.4. The van der Waals surface area contributed by atoms with Crippen molar-refractivity contribution in [2.75, 3.05) is 36.2 Å². The topological polar surface area (TPSA) is 131 Å². The summed E-state index contributed by atoms with van der Waals surface area (Å²) >= 11 is -2.38. The molecular weight excluding hydrogens is 456 g/mol. The van der Waals surface area contributed by atoms with Crippen LogP contribution in [0, 0.1) is 0 Å². The van der Waals surface area contributed by atoms with Crippen molar-refractivity contribution in [2.24, 2.45) is 0 Å². The van der Waals surface area contributed by atoms with Gasteiger partial charge in [0.15, 0.2) is 0 Å². The molecule has 3 aromatic rings. The van der Waals surface area contributed by atoms with E-state index in [9.17, 15) is 18.4 Å². The maximum Gasteiger partial charge on any atom is 0.253 e. The standard InChI is InChI=1S/C23H24N6O4S/c1-16(30)28-12-14-29(15-13-28)22(31)18-4-6-19(7-5-18)25-23-24-11-10-21(26-23)17-2-8-20(9-3-17)27-34(32)33/h2-11,27H,12-15H2,1H3,(H,32,33)(H,24,25,26)/p-1. The molecule has 0 bridgehead atoms. The first-order valence-electron chi connectivity index (χ1n) is 10.6. The SMILES string of the molecule is CC(=O)N1CCN(C(=O)c2ccc(Nc3nccc(-c4ccc(NS(=O)[O-])cc4)n3)cc2)CC1. The van der Waals surface area contributed by atoms with Gasteiger partial charge in [-0.25, -0.2) is 9.97 Å². The Morgan fingerprint density at radius 2 is 1.53 bits per heavy atom. The number of nitrogens with one attached hydrogen (secondary N) is 2. The Bertz CT molecular complexity index is 1190. The summed E-state index contributed by atoms with van der Waals surface area (Å²) in [5.41, 5.74) is 3.24. The fourth-order valence-electron chi connectivity index (χ4n) is 3.62. The van der Waals surface area contributed by atoms with Crippen LogP contribution in [0.4, 0.5) is 17.3 Å². The molecule has 10 nitrogen and oxygen atoms in total. The van der Waals surface area contributed by atoms with Gasteiger partial charge in [-0.1, -0.05) is 12.1 Å². The molecule has 4 rings (SSSR count). The normalized spacial score (nSPS) is 14.4. The Morgan fingerprint density at radius 1 is 0.912 bits per heavy atom. The lowest BCUT2D eigenvalue weighted by Crippen LogP contribution is -2.50. The van der Waals surface area contributed by atoms with E-state index in [0.717, 1.165) is 11.3 Å². The molecule has 0 spiro atoms. The highest BCUT2D eigenvalue weighted by Crippen LogP contribution is 2.22. The van der Waals surface area contributed by atoms with Crippen molar-refractivity contribution >= 4 is 40.4 Å². The minimum absolute atomic E-state index is 0.0276. The van der Waals surface area contributed by atoms with Crippen LogP contribution in [0.15, 0.2) is 60.8 Å². The van der Waals surface area contributed by atoms with Gasteiger partial charge in [0, 0.05) is 73.1 Å². The largest absolute Gasteiger partial charge is 0.755 e. The Kier molecular flexibility index (Phi) is 7.14. The van der Waals surface area contributed by atoms with Crippen LogP contribution in [-0.2, 0) is 16.1 Å². The maximum absolute atomic E-state index is 12.8. The summed E-state index contributed by atoms with van der Waals surface area (Å²) in [6, 6.07) is 15.7. The van der Waals surface area contributed by atoms with E-state index in [1.54, 1.807) is 70.6 Å². The molecule has 1 atom stereocenters. The first-order chi connectivity index (χ1) is 16.4. The monoisotopic (exact) mass is 479 g/mol. The van der Waals surface area contributed by atoms with Gasteiger partial charge in [-0.05, 0) is 42.5 Å². The fraction of sp³-hybridized carbons (Fsp3) is 0.217. The van der Waals surface area contributed by atoms with E-state index in [-0.39, 0.29) is 11.8 Å². The van der Waals surface area contributed by atoms with Crippen molar-refractivity contribution in [3.8, 4) is 11.3 Å². The molecule has 11 heteroatoms. The van der Waals surface area contributed by atoms with Crippen LogP contribution in [0.2, 0.25) is 0 Å². The predicted molar refractivity (Wildman–Crippen MR) is 128 cm³/mol. The molecule has 1 aliphatic heterocycles. The Morgan fingerprint density at radius 3 is 2.15 bits per heavy atom. The number of piperazine rings is 1. The number of hydrogen-bond donors (Lipinski definition) is 2. The van der Waals surface area contributed by atoms with Gasteiger partial charge in [-0.15, -0.1) is 0 Å². The van der Waals surface area contributed by atoms with Crippen LogP contribution in [0.1, 0.15) is 17.3 Å². The summed E-state index contributed by atoms with van der Waals surface area (Å²) in [5.74, 6) is 0.353. The number of anilines is 3. The van der Waals surface area contributed by atoms with E-state index in [4.69, 9.17) is 0 Å². The number of rotatable bonds is 6. The minimum Gasteiger partial charge on any atom is -0.755 e. The Labute approximate surface area is 199 Å². The van der Waals surface area contributed by atoms with Crippen LogP contribution in [0.25, 0.3) is 11.3 Å². The van der Waals surface area contributed by atoms with Crippen LogP contribution >= 0.6 is 0 Å². The maximum atomic E-state index is 12.8. The number of carbonyl (C=O) groups is 2. The predicted octanol–water partition coefficient (Wildman–Crippen LogP) is 2.40. The smallest absolute Gasteiger partial charge is 0.253 e. The lowest BCUT2D eigenvalue weighted by atomic mass is 10.1. The molecule has 1 fully saturated rings.